The molecule has 172 valence electrons. The molecule has 0 bridgehead atoms. The predicted molar refractivity (Wildman–Crippen MR) is 127 cm³/mol. The molecule has 0 N–H and O–H groups in total. The van der Waals surface area contributed by atoms with E-state index in [4.69, 9.17) is 0 Å². The van der Waals surface area contributed by atoms with Crippen molar-refractivity contribution in [2.45, 2.75) is 78.6 Å². The van der Waals surface area contributed by atoms with Crippen molar-refractivity contribution in [3.63, 3.8) is 0 Å². The van der Waals surface area contributed by atoms with E-state index in [9.17, 15) is 0 Å². The molecule has 7 heteroatoms. The number of rotatable bonds is 6. The van der Waals surface area contributed by atoms with Crippen molar-refractivity contribution in [3.05, 3.63) is 40.3 Å². The summed E-state index contributed by atoms with van der Waals surface area (Å²) in [7, 11) is -2.93. The van der Waals surface area contributed by atoms with Gasteiger partial charge in [0, 0.05) is 0 Å². The van der Waals surface area contributed by atoms with E-state index in [2.05, 4.69) is 61.3 Å². The second-order valence-corrected chi connectivity index (χ2v) is 22.3. The summed E-state index contributed by atoms with van der Waals surface area (Å²) in [6.45, 7) is 20.8. The molecule has 2 saturated heterocycles. The van der Waals surface area contributed by atoms with Crippen molar-refractivity contribution in [2.24, 2.45) is 0 Å². The van der Waals surface area contributed by atoms with E-state index < -0.39 is 39.7 Å². The Morgan fingerprint density at radius 3 is 1.29 bits per heavy atom. The standard InChI is InChI=1S/2C12H20NSi.2FH.Zr/c2*1-11-6-7-12(10-11)14(2,3)13-8-4-5-9-13;;;/h2*6H,4-5,7-9H2,1-3H3;2*1H;/q;;;;+2/p-2. The van der Waals surface area contributed by atoms with Gasteiger partial charge in [0.25, 0.3) is 0 Å². The van der Waals surface area contributed by atoms with E-state index in [0.717, 1.165) is 0 Å². The summed E-state index contributed by atoms with van der Waals surface area (Å²) in [6, 6.07) is 0. The summed E-state index contributed by atoms with van der Waals surface area (Å²) in [5.74, 6) is 0. The van der Waals surface area contributed by atoms with Gasteiger partial charge in [-0.25, -0.2) is 0 Å². The Kier molecular flexibility index (Phi) is 9.29. The third-order valence-electron chi connectivity index (χ3n) is 8.14. The van der Waals surface area contributed by atoms with Crippen LogP contribution in [0.2, 0.25) is 26.2 Å². The maximum absolute atomic E-state index is 2.91. The quantitative estimate of drug-likeness (QED) is 0.436. The molecule has 2 aliphatic carbocycles. The van der Waals surface area contributed by atoms with E-state index in [1.807, 2.05) is 17.0 Å². The third-order valence-corrected chi connectivity index (χ3v) is 21.9. The van der Waals surface area contributed by atoms with Gasteiger partial charge in [0.15, 0.2) is 0 Å². The molecule has 0 amide bonds. The van der Waals surface area contributed by atoms with Gasteiger partial charge in [-0.15, -0.1) is 0 Å². The molecule has 2 fully saturated rings. The van der Waals surface area contributed by atoms with Crippen molar-refractivity contribution >= 4 is 16.5 Å². The van der Waals surface area contributed by atoms with Gasteiger partial charge >= 0.3 is 194 Å². The molecule has 0 aromatic rings. The maximum Gasteiger partial charge on any atom is -1.00 e. The Bertz CT molecular complexity index is 736. The van der Waals surface area contributed by atoms with Gasteiger partial charge in [0.1, 0.15) is 0 Å². The van der Waals surface area contributed by atoms with Crippen LogP contribution in [0, 0.1) is 0 Å². The molecule has 2 aliphatic heterocycles. The molecule has 0 aromatic heterocycles. The van der Waals surface area contributed by atoms with E-state index >= 15 is 0 Å². The number of hydrogen-bond donors (Lipinski definition) is 0. The van der Waals surface area contributed by atoms with Gasteiger partial charge in [-0.3, -0.25) is 0 Å². The molecule has 0 atom stereocenters. The first-order chi connectivity index (χ1) is 13.7. The van der Waals surface area contributed by atoms with Gasteiger partial charge in [0.05, 0.1) is 0 Å². The SMILES string of the molecule is CC1=CCC([Si](C)(C)N2CCCC2)=[C]1[Zr+2][C]1=C([Si](C)(C)N2CCCC2)CC=C1C.[F-].[F-]. The van der Waals surface area contributed by atoms with Crippen LogP contribution in [0.4, 0.5) is 0 Å². The van der Waals surface area contributed by atoms with Crippen molar-refractivity contribution in [1.82, 2.24) is 9.13 Å². The summed E-state index contributed by atoms with van der Waals surface area (Å²) in [6.07, 6.45) is 13.3. The van der Waals surface area contributed by atoms with Gasteiger partial charge in [-0.05, 0) is 0 Å². The van der Waals surface area contributed by atoms with Crippen LogP contribution in [0.25, 0.3) is 0 Å². The molecule has 4 aliphatic rings. The minimum Gasteiger partial charge on any atom is -1.00 e. The van der Waals surface area contributed by atoms with E-state index in [0.29, 0.717) is 0 Å². The van der Waals surface area contributed by atoms with Crippen LogP contribution in [0.3, 0.4) is 0 Å². The fourth-order valence-electron chi connectivity index (χ4n) is 5.91. The first-order valence-corrected chi connectivity index (χ1v) is 20.2. The Labute approximate surface area is 202 Å². The number of nitrogens with zero attached hydrogens (tertiary/aromatic N) is 2. The number of halogens is 2. The second kappa shape index (κ2) is 10.5. The van der Waals surface area contributed by atoms with Gasteiger partial charge in [-0.1, -0.05) is 0 Å². The van der Waals surface area contributed by atoms with Gasteiger partial charge in [0.2, 0.25) is 0 Å². The predicted octanol–water partition coefficient (Wildman–Crippen LogP) is -0.0347. The van der Waals surface area contributed by atoms with Gasteiger partial charge < -0.3 is 9.41 Å². The normalized spacial score (nSPS) is 23.0. The minimum atomic E-state index is -1.47. The first-order valence-electron chi connectivity index (χ1n) is 11.8. The number of hydrogen-bond acceptors (Lipinski definition) is 2. The molecule has 0 unspecified atom stereocenters. The molecule has 0 aromatic carbocycles. The molecule has 0 spiro atoms. The second-order valence-electron chi connectivity index (χ2n) is 10.5. The van der Waals surface area contributed by atoms with E-state index in [1.165, 1.54) is 64.7 Å². The molecule has 0 saturated carbocycles. The Balaban J connectivity index is 0.00000171. The molecule has 2 heterocycles. The van der Waals surface area contributed by atoms with Crippen molar-refractivity contribution in [2.75, 3.05) is 26.2 Å². The number of allylic oxidation sites excluding steroid dienone is 8. The van der Waals surface area contributed by atoms with Crippen LogP contribution in [-0.4, -0.2) is 51.8 Å². The summed E-state index contributed by atoms with van der Waals surface area (Å²) in [4.78, 5) is 0. The molecule has 31 heavy (non-hydrogen) atoms. The molecule has 4 rings (SSSR count). The monoisotopic (exact) mass is 540 g/mol. The molecular weight excluding hydrogens is 502 g/mol. The third kappa shape index (κ3) is 5.11. The van der Waals surface area contributed by atoms with Crippen molar-refractivity contribution < 1.29 is 32.6 Å². The zero-order valence-electron chi connectivity index (χ0n) is 20.4. The average molecular weight is 542 g/mol. The van der Waals surface area contributed by atoms with Crippen LogP contribution < -0.4 is 9.41 Å². The van der Waals surface area contributed by atoms with Crippen molar-refractivity contribution in [3.8, 4) is 0 Å². The van der Waals surface area contributed by atoms with E-state index in [1.54, 1.807) is 11.1 Å². The Hall–Kier alpha value is 0.0569. The molecular formula is C24H40F2N2Si2Zr. The van der Waals surface area contributed by atoms with Crippen LogP contribution >= 0.6 is 0 Å². The minimum absolute atomic E-state index is 0. The fourth-order valence-corrected chi connectivity index (χ4v) is 20.9. The molecule has 0 radical (unpaired) electrons. The molecule has 2 nitrogen and oxygen atoms in total. The summed E-state index contributed by atoms with van der Waals surface area (Å²) in [5.41, 5.74) is 3.30. The first kappa shape index (κ1) is 27.3. The smallest absolute Gasteiger partial charge is 1.00 e. The van der Waals surface area contributed by atoms with Crippen LogP contribution in [0.15, 0.2) is 40.3 Å². The zero-order valence-corrected chi connectivity index (χ0v) is 24.8. The topological polar surface area (TPSA) is 6.48 Å². The van der Waals surface area contributed by atoms with Gasteiger partial charge in [-0.2, -0.15) is 0 Å². The Morgan fingerprint density at radius 1 is 0.645 bits per heavy atom. The average Bonchev–Trinajstić information content (AvgIpc) is 3.44. The summed E-state index contributed by atoms with van der Waals surface area (Å²) in [5, 5.41) is 3.83. The Morgan fingerprint density at radius 2 is 0.968 bits per heavy atom. The summed E-state index contributed by atoms with van der Waals surface area (Å²) < 4.78 is 9.60. The largest absolute Gasteiger partial charge is 1.00 e. The maximum atomic E-state index is 2.91. The summed E-state index contributed by atoms with van der Waals surface area (Å²) >= 11 is -0.758. The van der Waals surface area contributed by atoms with E-state index in [-0.39, 0.29) is 9.41 Å². The fraction of sp³-hybridized carbons (Fsp3) is 0.667. The van der Waals surface area contributed by atoms with Crippen LogP contribution in [0.1, 0.15) is 52.4 Å². The van der Waals surface area contributed by atoms with Crippen LogP contribution in [0.5, 0.6) is 0 Å². The zero-order chi connectivity index (χ0) is 20.8. The van der Waals surface area contributed by atoms with Crippen molar-refractivity contribution in [1.29, 1.82) is 0 Å². The van der Waals surface area contributed by atoms with Crippen LogP contribution in [-0.2, 0) is 23.2 Å².